The molecular weight excluding hydrogens is 255 g/mol. The third-order valence-electron chi connectivity index (χ3n) is 4.02. The molecule has 0 spiro atoms. The van der Waals surface area contributed by atoms with Crippen molar-refractivity contribution in [3.8, 4) is 0 Å². The van der Waals surface area contributed by atoms with E-state index >= 15 is 0 Å². The second kappa shape index (κ2) is 5.69. The molecule has 2 heterocycles. The number of guanidine groups is 1. The van der Waals surface area contributed by atoms with Crippen LogP contribution in [0.2, 0.25) is 0 Å². The number of hydrogen-bond donors (Lipinski definition) is 1. The molecule has 2 aliphatic rings. The average molecular weight is 276 g/mol. The molecule has 0 unspecified atom stereocenters. The Kier molecular flexibility index (Phi) is 3.76. The standard InChI is InChI=1S/C15H21FN4/c1-19-10-7-17-15(19)18-11-12-13(16)5-4-6-14(12)20-8-2-3-9-20/h4-6H,2-3,7-11H2,1H3,(H,17,18). The first-order valence-electron chi connectivity index (χ1n) is 7.27. The molecule has 0 atom stereocenters. The fourth-order valence-corrected chi connectivity index (χ4v) is 2.87. The fraction of sp³-hybridized carbons (Fsp3) is 0.533. The normalized spacial score (nSPS) is 18.6. The van der Waals surface area contributed by atoms with Gasteiger partial charge in [0.1, 0.15) is 5.82 Å². The Morgan fingerprint density at radius 1 is 1.25 bits per heavy atom. The van der Waals surface area contributed by atoms with Gasteiger partial charge in [0.15, 0.2) is 5.96 Å². The van der Waals surface area contributed by atoms with Gasteiger partial charge in [-0.05, 0) is 25.0 Å². The molecule has 108 valence electrons. The number of nitrogens with one attached hydrogen (secondary N) is 1. The van der Waals surface area contributed by atoms with Crippen LogP contribution in [0.15, 0.2) is 23.2 Å². The van der Waals surface area contributed by atoms with Crippen LogP contribution in [0.3, 0.4) is 0 Å². The van der Waals surface area contributed by atoms with Crippen LogP contribution in [-0.2, 0) is 6.54 Å². The van der Waals surface area contributed by atoms with Gasteiger partial charge in [-0.3, -0.25) is 4.99 Å². The topological polar surface area (TPSA) is 30.9 Å². The zero-order valence-corrected chi connectivity index (χ0v) is 11.9. The van der Waals surface area contributed by atoms with Crippen molar-refractivity contribution in [2.75, 3.05) is 38.1 Å². The lowest BCUT2D eigenvalue weighted by Crippen LogP contribution is -2.35. The quantitative estimate of drug-likeness (QED) is 0.913. The molecule has 2 aliphatic heterocycles. The van der Waals surface area contributed by atoms with Gasteiger partial charge in [0.25, 0.3) is 0 Å². The Hall–Kier alpha value is -1.78. The number of likely N-dealkylation sites (N-methyl/N-ethyl adjacent to an activating group) is 1. The van der Waals surface area contributed by atoms with Crippen LogP contribution in [0.25, 0.3) is 0 Å². The summed E-state index contributed by atoms with van der Waals surface area (Å²) >= 11 is 0. The number of nitrogens with zero attached hydrogens (tertiary/aromatic N) is 3. The zero-order valence-electron chi connectivity index (χ0n) is 11.9. The van der Waals surface area contributed by atoms with Crippen molar-refractivity contribution >= 4 is 11.6 Å². The van der Waals surface area contributed by atoms with Crippen LogP contribution in [0.5, 0.6) is 0 Å². The molecule has 1 fully saturated rings. The predicted octanol–water partition coefficient (Wildman–Crippen LogP) is 1.82. The highest BCUT2D eigenvalue weighted by Crippen LogP contribution is 2.26. The van der Waals surface area contributed by atoms with Crippen molar-refractivity contribution in [2.24, 2.45) is 4.99 Å². The van der Waals surface area contributed by atoms with Crippen molar-refractivity contribution in [1.82, 2.24) is 10.2 Å². The Bertz CT molecular complexity index is 509. The van der Waals surface area contributed by atoms with E-state index in [1.165, 1.54) is 18.9 Å². The van der Waals surface area contributed by atoms with Crippen molar-refractivity contribution in [1.29, 1.82) is 0 Å². The summed E-state index contributed by atoms with van der Waals surface area (Å²) in [6.45, 7) is 4.28. The van der Waals surface area contributed by atoms with E-state index in [1.54, 1.807) is 6.07 Å². The third kappa shape index (κ3) is 2.57. The van der Waals surface area contributed by atoms with E-state index in [1.807, 2.05) is 13.1 Å². The molecule has 1 N–H and O–H groups in total. The van der Waals surface area contributed by atoms with Gasteiger partial charge < -0.3 is 15.1 Å². The van der Waals surface area contributed by atoms with Gasteiger partial charge in [0.05, 0.1) is 6.54 Å². The minimum atomic E-state index is -0.136. The van der Waals surface area contributed by atoms with Crippen LogP contribution in [0, 0.1) is 5.82 Å². The highest BCUT2D eigenvalue weighted by atomic mass is 19.1. The van der Waals surface area contributed by atoms with E-state index in [4.69, 9.17) is 0 Å². The van der Waals surface area contributed by atoms with Crippen LogP contribution in [0.4, 0.5) is 10.1 Å². The molecule has 1 aromatic carbocycles. The van der Waals surface area contributed by atoms with Crippen LogP contribution >= 0.6 is 0 Å². The maximum atomic E-state index is 14.2. The molecule has 3 rings (SSSR count). The molecule has 0 radical (unpaired) electrons. The molecule has 4 nitrogen and oxygen atoms in total. The third-order valence-corrected chi connectivity index (χ3v) is 4.02. The molecule has 1 aromatic rings. The van der Waals surface area contributed by atoms with Gasteiger partial charge in [-0.1, -0.05) is 6.07 Å². The van der Waals surface area contributed by atoms with E-state index in [0.717, 1.165) is 43.4 Å². The lowest BCUT2D eigenvalue weighted by Gasteiger charge is -2.23. The van der Waals surface area contributed by atoms with E-state index in [0.29, 0.717) is 6.54 Å². The van der Waals surface area contributed by atoms with Crippen molar-refractivity contribution < 1.29 is 4.39 Å². The van der Waals surface area contributed by atoms with Crippen LogP contribution in [0.1, 0.15) is 18.4 Å². The van der Waals surface area contributed by atoms with Crippen LogP contribution in [-0.4, -0.2) is 44.1 Å². The van der Waals surface area contributed by atoms with E-state index in [-0.39, 0.29) is 5.82 Å². The van der Waals surface area contributed by atoms with Crippen molar-refractivity contribution in [2.45, 2.75) is 19.4 Å². The Balaban J connectivity index is 1.77. The summed E-state index contributed by atoms with van der Waals surface area (Å²) in [7, 11) is 2.00. The predicted molar refractivity (Wildman–Crippen MR) is 79.6 cm³/mol. The first-order chi connectivity index (χ1) is 9.75. The summed E-state index contributed by atoms with van der Waals surface area (Å²) in [6.07, 6.45) is 2.39. The molecule has 20 heavy (non-hydrogen) atoms. The number of hydrogen-bond acceptors (Lipinski definition) is 4. The minimum absolute atomic E-state index is 0.136. The maximum absolute atomic E-state index is 14.2. The van der Waals surface area contributed by atoms with Crippen LogP contribution < -0.4 is 10.2 Å². The monoisotopic (exact) mass is 276 g/mol. The maximum Gasteiger partial charge on any atom is 0.194 e. The van der Waals surface area contributed by atoms with Gasteiger partial charge in [-0.25, -0.2) is 4.39 Å². The number of halogens is 1. The fourth-order valence-electron chi connectivity index (χ4n) is 2.87. The van der Waals surface area contributed by atoms with Crippen molar-refractivity contribution in [3.05, 3.63) is 29.6 Å². The van der Waals surface area contributed by atoms with Gasteiger partial charge in [0.2, 0.25) is 0 Å². The minimum Gasteiger partial charge on any atom is -0.371 e. The molecule has 0 aliphatic carbocycles. The summed E-state index contributed by atoms with van der Waals surface area (Å²) in [6, 6.07) is 5.36. The smallest absolute Gasteiger partial charge is 0.194 e. The summed E-state index contributed by atoms with van der Waals surface area (Å²) < 4.78 is 14.2. The first-order valence-corrected chi connectivity index (χ1v) is 7.27. The van der Waals surface area contributed by atoms with Gasteiger partial charge in [-0.2, -0.15) is 0 Å². The van der Waals surface area contributed by atoms with Gasteiger partial charge in [0, 0.05) is 44.5 Å². The SMILES string of the molecule is CN1CCN=C1NCc1c(F)cccc1N1CCCC1. The molecule has 0 amide bonds. The molecular formula is C15H21FN4. The number of anilines is 1. The van der Waals surface area contributed by atoms with E-state index < -0.39 is 0 Å². The molecule has 0 bridgehead atoms. The second-order valence-electron chi connectivity index (χ2n) is 5.41. The number of benzene rings is 1. The van der Waals surface area contributed by atoms with E-state index in [9.17, 15) is 4.39 Å². The summed E-state index contributed by atoms with van der Waals surface area (Å²) in [5.74, 6) is 0.726. The van der Waals surface area contributed by atoms with E-state index in [2.05, 4.69) is 20.1 Å². The first kappa shape index (κ1) is 13.2. The average Bonchev–Trinajstić information content (AvgIpc) is 3.09. The Morgan fingerprint density at radius 2 is 2.05 bits per heavy atom. The molecule has 0 saturated carbocycles. The Labute approximate surface area is 119 Å². The number of rotatable bonds is 3. The molecule has 1 saturated heterocycles. The Morgan fingerprint density at radius 3 is 2.75 bits per heavy atom. The lowest BCUT2D eigenvalue weighted by atomic mass is 10.1. The highest BCUT2D eigenvalue weighted by Gasteiger charge is 2.19. The van der Waals surface area contributed by atoms with Gasteiger partial charge in [-0.15, -0.1) is 0 Å². The zero-order chi connectivity index (χ0) is 13.9. The summed E-state index contributed by atoms with van der Waals surface area (Å²) in [5, 5.41) is 3.26. The highest BCUT2D eigenvalue weighted by molar-refractivity contribution is 5.81. The lowest BCUT2D eigenvalue weighted by molar-refractivity contribution is 0.530. The molecule has 0 aromatic heterocycles. The summed E-state index contributed by atoms with van der Waals surface area (Å²) in [5.41, 5.74) is 1.77. The largest absolute Gasteiger partial charge is 0.371 e. The number of aliphatic imine (C=N–C) groups is 1. The van der Waals surface area contributed by atoms with Gasteiger partial charge >= 0.3 is 0 Å². The second-order valence-corrected chi connectivity index (χ2v) is 5.41. The summed E-state index contributed by atoms with van der Waals surface area (Å²) in [4.78, 5) is 8.73. The van der Waals surface area contributed by atoms with Crippen molar-refractivity contribution in [3.63, 3.8) is 0 Å². The molecule has 5 heteroatoms.